The zero-order valence-corrected chi connectivity index (χ0v) is 12.7. The summed E-state index contributed by atoms with van der Waals surface area (Å²) in [4.78, 5) is 9.09. The van der Waals surface area contributed by atoms with E-state index >= 15 is 0 Å². The molecule has 2 heterocycles. The number of hydrogen-bond donors (Lipinski definition) is 0. The number of pyridine rings is 1. The van der Waals surface area contributed by atoms with Crippen LogP contribution in [0.4, 0.5) is 0 Å². The molecule has 1 aromatic rings. The molecule has 0 amide bonds. The van der Waals surface area contributed by atoms with Crippen molar-refractivity contribution in [2.45, 2.75) is 19.9 Å². The average molecular weight is 306 g/mol. The molecule has 0 saturated carbocycles. The smallest absolute Gasteiger partial charge is 0.160 e. The Morgan fingerprint density at radius 3 is 2.45 bits per heavy atom. The molecular weight excluding hydrogens is 293 g/mol. The molecule has 5 heteroatoms. The average Bonchev–Trinajstić information content (AvgIpc) is 2.84. The second-order valence-electron chi connectivity index (χ2n) is 4.93. The fourth-order valence-electron chi connectivity index (χ4n) is 2.01. The van der Waals surface area contributed by atoms with Crippen molar-refractivity contribution >= 4 is 23.2 Å². The molecule has 2 aliphatic rings. The standard InChI is InChI=1S/C15H13Cl2N3/c1-9(2)20-6-5-13-14(8-20)19-15(18-13)10-3-4-11(16)12(17)7-10/h3-9H,1-2H3. The lowest BCUT2D eigenvalue weighted by atomic mass is 10.2. The number of benzene rings is 1. The van der Waals surface area contributed by atoms with Crippen LogP contribution in [0.3, 0.4) is 0 Å². The van der Waals surface area contributed by atoms with Gasteiger partial charge in [-0.1, -0.05) is 23.2 Å². The molecule has 0 saturated heterocycles. The Hall–Kier alpha value is -1.58. The van der Waals surface area contributed by atoms with E-state index in [1.165, 1.54) is 0 Å². The lowest BCUT2D eigenvalue weighted by molar-refractivity contribution is 0.596. The topological polar surface area (TPSA) is 30.7 Å². The predicted molar refractivity (Wildman–Crippen MR) is 82.5 cm³/mol. The Kier molecular flexibility index (Phi) is 3.40. The highest BCUT2D eigenvalue weighted by molar-refractivity contribution is 6.42. The molecule has 1 aromatic carbocycles. The first-order chi connectivity index (χ1) is 9.54. The van der Waals surface area contributed by atoms with E-state index in [2.05, 4.69) is 28.4 Å². The van der Waals surface area contributed by atoms with Crippen LogP contribution in [0.15, 0.2) is 36.7 Å². The molecule has 0 atom stereocenters. The fourth-order valence-corrected chi connectivity index (χ4v) is 2.31. The van der Waals surface area contributed by atoms with E-state index in [0.29, 0.717) is 21.9 Å². The second-order valence-corrected chi connectivity index (χ2v) is 5.75. The minimum atomic E-state index is 0.393. The molecule has 0 spiro atoms. The number of rotatable bonds is 2. The molecule has 0 N–H and O–H groups in total. The summed E-state index contributed by atoms with van der Waals surface area (Å²) in [5, 5.41) is 1.04. The summed E-state index contributed by atoms with van der Waals surface area (Å²) in [6, 6.07) is 7.79. The second kappa shape index (κ2) is 5.08. The van der Waals surface area contributed by atoms with E-state index in [4.69, 9.17) is 23.2 Å². The van der Waals surface area contributed by atoms with Gasteiger partial charge >= 0.3 is 0 Å². The molecule has 20 heavy (non-hydrogen) atoms. The van der Waals surface area contributed by atoms with Crippen LogP contribution in [0.2, 0.25) is 10.0 Å². The Balaban J connectivity index is 2.09. The molecule has 0 fully saturated rings. The number of aromatic nitrogens is 3. The van der Waals surface area contributed by atoms with E-state index < -0.39 is 0 Å². The SMILES string of the molecule is CC(C)n1ccc2nc(-c3ccc(Cl)c(Cl)c3)nc-2c1. The summed E-state index contributed by atoms with van der Waals surface area (Å²) in [6.45, 7) is 4.25. The van der Waals surface area contributed by atoms with Gasteiger partial charge in [-0.3, -0.25) is 0 Å². The molecule has 3 nitrogen and oxygen atoms in total. The Labute approximate surface area is 127 Å². The number of nitrogens with zero attached hydrogens (tertiary/aromatic N) is 3. The van der Waals surface area contributed by atoms with Crippen LogP contribution in [0.25, 0.3) is 22.8 Å². The first-order valence-corrected chi connectivity index (χ1v) is 7.11. The monoisotopic (exact) mass is 305 g/mol. The molecule has 3 rings (SSSR count). The van der Waals surface area contributed by atoms with Crippen LogP contribution >= 0.6 is 23.2 Å². The van der Waals surface area contributed by atoms with Crippen LogP contribution < -0.4 is 0 Å². The van der Waals surface area contributed by atoms with Crippen LogP contribution in [0.5, 0.6) is 0 Å². The van der Waals surface area contributed by atoms with E-state index in [-0.39, 0.29) is 0 Å². The molecule has 0 aromatic heterocycles. The van der Waals surface area contributed by atoms with E-state index in [0.717, 1.165) is 17.0 Å². The molecular formula is C15H13Cl2N3. The molecule has 0 bridgehead atoms. The largest absolute Gasteiger partial charge is 0.350 e. The molecule has 102 valence electrons. The van der Waals surface area contributed by atoms with Gasteiger partial charge in [-0.15, -0.1) is 0 Å². The van der Waals surface area contributed by atoms with Gasteiger partial charge in [0.1, 0.15) is 5.69 Å². The van der Waals surface area contributed by atoms with E-state index in [1.807, 2.05) is 24.5 Å². The number of halogens is 2. The highest BCUT2D eigenvalue weighted by Gasteiger charge is 2.14. The minimum Gasteiger partial charge on any atom is -0.350 e. The van der Waals surface area contributed by atoms with Crippen molar-refractivity contribution in [3.8, 4) is 22.8 Å². The lowest BCUT2D eigenvalue weighted by Crippen LogP contribution is -2.01. The molecule has 0 aliphatic carbocycles. The van der Waals surface area contributed by atoms with Crippen molar-refractivity contribution in [2.75, 3.05) is 0 Å². The highest BCUT2D eigenvalue weighted by atomic mass is 35.5. The zero-order chi connectivity index (χ0) is 14.3. The lowest BCUT2D eigenvalue weighted by Gasteiger charge is -2.10. The van der Waals surface area contributed by atoms with Crippen LogP contribution in [0.1, 0.15) is 19.9 Å². The number of fused-ring (bicyclic) bond motifs is 1. The van der Waals surface area contributed by atoms with Crippen molar-refractivity contribution in [3.63, 3.8) is 0 Å². The van der Waals surface area contributed by atoms with Crippen LogP contribution in [-0.2, 0) is 0 Å². The van der Waals surface area contributed by atoms with Crippen LogP contribution in [-0.4, -0.2) is 14.5 Å². The van der Waals surface area contributed by atoms with Gasteiger partial charge in [0, 0.05) is 24.0 Å². The van der Waals surface area contributed by atoms with Gasteiger partial charge in [-0.25, -0.2) is 9.97 Å². The summed E-state index contributed by atoms with van der Waals surface area (Å²) in [5.41, 5.74) is 2.62. The van der Waals surface area contributed by atoms with Crippen molar-refractivity contribution < 1.29 is 0 Å². The van der Waals surface area contributed by atoms with Crippen molar-refractivity contribution in [3.05, 3.63) is 46.7 Å². The van der Waals surface area contributed by atoms with Gasteiger partial charge < -0.3 is 4.57 Å². The molecule has 0 unspecified atom stereocenters. The fraction of sp³-hybridized carbons (Fsp3) is 0.200. The Morgan fingerprint density at radius 1 is 1.00 bits per heavy atom. The normalized spacial score (nSPS) is 11.4. The first kappa shape index (κ1) is 13.4. The van der Waals surface area contributed by atoms with Gasteiger partial charge in [-0.05, 0) is 38.1 Å². The Morgan fingerprint density at radius 2 is 1.75 bits per heavy atom. The van der Waals surface area contributed by atoms with Gasteiger partial charge in [0.2, 0.25) is 0 Å². The van der Waals surface area contributed by atoms with Gasteiger partial charge in [0.15, 0.2) is 5.82 Å². The third-order valence-electron chi connectivity index (χ3n) is 3.17. The highest BCUT2D eigenvalue weighted by Crippen LogP contribution is 2.30. The first-order valence-electron chi connectivity index (χ1n) is 6.35. The van der Waals surface area contributed by atoms with Crippen LogP contribution in [0, 0.1) is 0 Å². The van der Waals surface area contributed by atoms with E-state index in [1.54, 1.807) is 12.1 Å². The Bertz CT molecular complexity index is 734. The third-order valence-corrected chi connectivity index (χ3v) is 3.90. The summed E-state index contributed by atoms with van der Waals surface area (Å²) >= 11 is 12.0. The summed E-state index contributed by atoms with van der Waals surface area (Å²) in [7, 11) is 0. The zero-order valence-electron chi connectivity index (χ0n) is 11.1. The maximum atomic E-state index is 6.04. The number of imidazole rings is 1. The molecule has 0 radical (unpaired) electrons. The van der Waals surface area contributed by atoms with Gasteiger partial charge in [-0.2, -0.15) is 0 Å². The van der Waals surface area contributed by atoms with Crippen molar-refractivity contribution in [1.29, 1.82) is 0 Å². The summed E-state index contributed by atoms with van der Waals surface area (Å²) in [5.74, 6) is 0.667. The van der Waals surface area contributed by atoms with Crippen molar-refractivity contribution in [2.24, 2.45) is 0 Å². The van der Waals surface area contributed by atoms with Crippen molar-refractivity contribution in [1.82, 2.24) is 14.5 Å². The molecule has 2 aliphatic heterocycles. The van der Waals surface area contributed by atoms with Gasteiger partial charge in [0.25, 0.3) is 0 Å². The quantitative estimate of drug-likeness (QED) is 0.671. The summed E-state index contributed by atoms with van der Waals surface area (Å²) < 4.78 is 2.11. The maximum Gasteiger partial charge on any atom is 0.160 e. The summed E-state index contributed by atoms with van der Waals surface area (Å²) in [6.07, 6.45) is 4.02. The third kappa shape index (κ3) is 2.39. The van der Waals surface area contributed by atoms with E-state index in [9.17, 15) is 0 Å². The van der Waals surface area contributed by atoms with Gasteiger partial charge in [0.05, 0.1) is 15.7 Å². The number of hydrogen-bond acceptors (Lipinski definition) is 2. The predicted octanol–water partition coefficient (Wildman–Crippen LogP) is 4.94. The maximum absolute atomic E-state index is 6.04. The minimum absolute atomic E-state index is 0.393.